The number of benzene rings is 1. The first-order chi connectivity index (χ1) is 8.97. The maximum atomic E-state index is 2.57. The van der Waals surface area contributed by atoms with Crippen molar-refractivity contribution in [3.05, 3.63) is 39.5 Å². The van der Waals surface area contributed by atoms with Crippen LogP contribution < -0.4 is 3.61 Å². The van der Waals surface area contributed by atoms with Crippen LogP contribution in [0.4, 0.5) is 0 Å². The van der Waals surface area contributed by atoms with Crippen molar-refractivity contribution >= 4 is 24.5 Å². The number of allylic oxidation sites excluding steroid dienone is 1. The summed E-state index contributed by atoms with van der Waals surface area (Å²) in [6.45, 7) is 13.8. The third kappa shape index (κ3) is 3.24. The average Bonchev–Trinajstić information content (AvgIpc) is 2.38. The molecule has 1 aromatic rings. The molecule has 1 atom stereocenters. The van der Waals surface area contributed by atoms with Crippen LogP contribution >= 0.6 is 0 Å². The van der Waals surface area contributed by atoms with Crippen molar-refractivity contribution in [2.24, 2.45) is 5.41 Å². The van der Waals surface area contributed by atoms with E-state index in [9.17, 15) is 0 Å². The van der Waals surface area contributed by atoms with Gasteiger partial charge in [-0.15, -0.1) is 0 Å². The fourth-order valence-electron chi connectivity index (χ4n) is 2.53. The second-order valence-corrected chi connectivity index (χ2v) is 9.18. The Morgan fingerprint density at radius 1 is 1.11 bits per heavy atom. The van der Waals surface area contributed by atoms with Gasteiger partial charge >= 0.3 is 128 Å². The van der Waals surface area contributed by atoms with Crippen molar-refractivity contribution in [2.45, 2.75) is 40.7 Å². The number of nitrogens with zero attached hydrogens (tertiary/aromatic N) is 1. The Balaban J connectivity index is 2.46. The van der Waals surface area contributed by atoms with E-state index < -0.39 is 0 Å². The Morgan fingerprint density at radius 3 is 2.32 bits per heavy atom. The summed E-state index contributed by atoms with van der Waals surface area (Å²) >= 11 is -0.189. The monoisotopic (exact) mass is 373 g/mol. The number of fused-ring (bicyclic) bond motifs is 1. The Hall–Kier alpha value is -0.290. The molecule has 1 nitrogen and oxygen atoms in total. The predicted octanol–water partition coefficient (Wildman–Crippen LogP) is 3.34. The zero-order valence-electron chi connectivity index (χ0n) is 12.7. The fraction of sp³-hybridized carbons (Fsp3) is 0.529. The molecule has 1 aromatic carbocycles. The summed E-state index contributed by atoms with van der Waals surface area (Å²) in [7, 11) is 0. The molecule has 0 fully saturated rings. The van der Waals surface area contributed by atoms with Gasteiger partial charge in [0, 0.05) is 0 Å². The van der Waals surface area contributed by atoms with Crippen molar-refractivity contribution < 1.29 is 0 Å². The summed E-state index contributed by atoms with van der Waals surface area (Å²) in [5.41, 5.74) is 1.88. The van der Waals surface area contributed by atoms with E-state index in [1.54, 1.807) is 12.8 Å². The molecular weight excluding hydrogens is 346 g/mol. The van der Waals surface area contributed by atoms with Gasteiger partial charge in [-0.1, -0.05) is 0 Å². The number of hydrogen-bond donors (Lipinski definition) is 0. The third-order valence-corrected chi connectivity index (χ3v) is 8.16. The van der Waals surface area contributed by atoms with Gasteiger partial charge in [-0.05, 0) is 0 Å². The number of hydrogen-bond acceptors (Lipinski definition) is 1. The molecular formula is C17H25NTe. The van der Waals surface area contributed by atoms with Crippen molar-refractivity contribution in [1.29, 1.82) is 0 Å². The molecule has 0 aromatic heterocycles. The summed E-state index contributed by atoms with van der Waals surface area (Å²) in [5.74, 6) is 0. The summed E-state index contributed by atoms with van der Waals surface area (Å²) in [4.78, 5) is 2.57. The molecule has 2 rings (SSSR count). The minimum absolute atomic E-state index is 0.189. The second kappa shape index (κ2) is 6.00. The van der Waals surface area contributed by atoms with Gasteiger partial charge in [0.05, 0.1) is 0 Å². The SMILES string of the molecule is CCN(CC)C1C=C(C(C)(C)C)[Te]c2ccccc21. The molecule has 1 heterocycles. The van der Waals surface area contributed by atoms with E-state index in [0.717, 1.165) is 13.1 Å². The Labute approximate surface area is 128 Å². The number of likely N-dealkylation sites (N-methyl/N-ethyl adjacent to an activating group) is 1. The van der Waals surface area contributed by atoms with Gasteiger partial charge in [-0.2, -0.15) is 0 Å². The summed E-state index contributed by atoms with van der Waals surface area (Å²) < 4.78 is 3.34. The molecule has 19 heavy (non-hydrogen) atoms. The first-order valence-electron chi connectivity index (χ1n) is 7.20. The van der Waals surface area contributed by atoms with E-state index in [1.165, 1.54) is 0 Å². The van der Waals surface area contributed by atoms with E-state index >= 15 is 0 Å². The zero-order chi connectivity index (χ0) is 14.0. The summed E-state index contributed by atoms with van der Waals surface area (Å²) in [6.07, 6.45) is 2.57. The normalized spacial score (nSPS) is 19.3. The molecule has 104 valence electrons. The predicted molar refractivity (Wildman–Crippen MR) is 85.0 cm³/mol. The fourth-order valence-corrected chi connectivity index (χ4v) is 5.93. The van der Waals surface area contributed by atoms with E-state index in [4.69, 9.17) is 0 Å². The Bertz CT molecular complexity index is 466. The van der Waals surface area contributed by atoms with Gasteiger partial charge in [0.25, 0.3) is 0 Å². The molecule has 0 N–H and O–H groups in total. The summed E-state index contributed by atoms with van der Waals surface area (Å²) in [6, 6.07) is 9.57. The molecule has 0 radical (unpaired) electrons. The van der Waals surface area contributed by atoms with Gasteiger partial charge in [0.2, 0.25) is 0 Å². The molecule has 1 unspecified atom stereocenters. The molecule has 2 heteroatoms. The summed E-state index contributed by atoms with van der Waals surface area (Å²) in [5, 5.41) is 0. The molecule has 0 aliphatic carbocycles. The van der Waals surface area contributed by atoms with E-state index in [-0.39, 0.29) is 20.9 Å². The van der Waals surface area contributed by atoms with Crippen LogP contribution in [0.3, 0.4) is 0 Å². The average molecular weight is 371 g/mol. The Kier molecular flexibility index (Phi) is 4.77. The molecule has 0 amide bonds. The van der Waals surface area contributed by atoms with Crippen molar-refractivity contribution in [1.82, 2.24) is 4.90 Å². The first kappa shape index (κ1) is 15.1. The molecule has 0 saturated heterocycles. The van der Waals surface area contributed by atoms with E-state index in [1.807, 2.05) is 0 Å². The quantitative estimate of drug-likeness (QED) is 0.737. The van der Waals surface area contributed by atoms with Gasteiger partial charge in [-0.25, -0.2) is 0 Å². The maximum absolute atomic E-state index is 2.57. The van der Waals surface area contributed by atoms with Crippen LogP contribution in [0.25, 0.3) is 0 Å². The molecule has 1 aliphatic heterocycles. The molecule has 0 bridgehead atoms. The van der Waals surface area contributed by atoms with Crippen LogP contribution in [-0.2, 0) is 0 Å². The second-order valence-electron chi connectivity index (χ2n) is 6.09. The van der Waals surface area contributed by atoms with Crippen LogP contribution in [-0.4, -0.2) is 38.9 Å². The van der Waals surface area contributed by atoms with Gasteiger partial charge in [0.15, 0.2) is 0 Å². The Morgan fingerprint density at radius 2 is 1.74 bits per heavy atom. The van der Waals surface area contributed by atoms with Gasteiger partial charge in [0.1, 0.15) is 0 Å². The van der Waals surface area contributed by atoms with Crippen molar-refractivity contribution in [3.63, 3.8) is 0 Å². The van der Waals surface area contributed by atoms with Crippen LogP contribution in [0.5, 0.6) is 0 Å². The van der Waals surface area contributed by atoms with Gasteiger partial charge < -0.3 is 0 Å². The van der Waals surface area contributed by atoms with Crippen molar-refractivity contribution in [2.75, 3.05) is 13.1 Å². The first-order valence-corrected chi connectivity index (χ1v) is 9.53. The van der Waals surface area contributed by atoms with Crippen molar-refractivity contribution in [3.8, 4) is 0 Å². The van der Waals surface area contributed by atoms with Gasteiger partial charge in [-0.3, -0.25) is 0 Å². The number of rotatable bonds is 3. The molecule has 0 saturated carbocycles. The topological polar surface area (TPSA) is 3.24 Å². The zero-order valence-corrected chi connectivity index (χ0v) is 15.1. The van der Waals surface area contributed by atoms with Crippen LogP contribution in [0.1, 0.15) is 46.2 Å². The third-order valence-electron chi connectivity index (χ3n) is 3.71. The standard InChI is InChI=1S/C17H25NTe/c1-6-18(7-2)14-12-16(17(3,4)5)19-15-11-9-8-10-13(14)15/h8-12,14H,6-7H2,1-5H3. The van der Waals surface area contributed by atoms with E-state index in [2.05, 4.69) is 69.9 Å². The van der Waals surface area contributed by atoms with Crippen LogP contribution in [0.15, 0.2) is 34.0 Å². The molecule has 0 spiro atoms. The van der Waals surface area contributed by atoms with E-state index in [0.29, 0.717) is 11.5 Å². The minimum atomic E-state index is -0.189. The van der Waals surface area contributed by atoms with Crippen LogP contribution in [0, 0.1) is 5.41 Å². The molecule has 1 aliphatic rings. The van der Waals surface area contributed by atoms with Crippen LogP contribution in [0.2, 0.25) is 0 Å².